The Bertz CT molecular complexity index is 528. The van der Waals surface area contributed by atoms with Crippen LogP contribution in [0.2, 0.25) is 0 Å². The number of imidazole rings is 1. The number of nitrogens with two attached hydrogens (primary N) is 1. The molecule has 102 valence electrons. The van der Waals surface area contributed by atoms with E-state index in [2.05, 4.69) is 15.3 Å². The van der Waals surface area contributed by atoms with Gasteiger partial charge in [-0.25, -0.2) is 4.98 Å². The number of fused-ring (bicyclic) bond motifs is 1. The van der Waals surface area contributed by atoms with Gasteiger partial charge < -0.3 is 16.0 Å². The molecule has 1 aromatic carbocycles. The summed E-state index contributed by atoms with van der Waals surface area (Å²) < 4.78 is 0. The highest BCUT2D eigenvalue weighted by molar-refractivity contribution is 5.79. The number of hydrogen-bond donors (Lipinski definition) is 3. The van der Waals surface area contributed by atoms with E-state index in [0.717, 1.165) is 16.9 Å². The lowest BCUT2D eigenvalue weighted by atomic mass is 10.0. The molecule has 1 amide bonds. The van der Waals surface area contributed by atoms with Crippen LogP contribution in [0, 0.1) is 5.92 Å². The Kier molecular flexibility index (Phi) is 4.16. The first-order chi connectivity index (χ1) is 9.08. The predicted octanol–water partition coefficient (Wildman–Crippen LogP) is 1.20. The van der Waals surface area contributed by atoms with E-state index in [9.17, 15) is 4.79 Å². The molecule has 0 saturated heterocycles. The van der Waals surface area contributed by atoms with Crippen LogP contribution in [0.1, 0.15) is 19.7 Å². The predicted molar refractivity (Wildman–Crippen MR) is 75.6 cm³/mol. The van der Waals surface area contributed by atoms with Crippen LogP contribution >= 0.6 is 0 Å². The maximum Gasteiger partial charge on any atom is 0.224 e. The molecule has 1 heterocycles. The fraction of sp³-hybridized carbons (Fsp3) is 0.429. The summed E-state index contributed by atoms with van der Waals surface area (Å²) >= 11 is 0. The molecule has 0 spiro atoms. The molecular formula is C14H20N4O. The largest absolute Gasteiger partial charge is 0.355 e. The third-order valence-corrected chi connectivity index (χ3v) is 3.30. The summed E-state index contributed by atoms with van der Waals surface area (Å²) in [6, 6.07) is 7.75. The fourth-order valence-electron chi connectivity index (χ4n) is 1.83. The SMILES string of the molecule is CC(N)C(C)C(=O)NCCc1nc2ccccc2[nH]1. The summed E-state index contributed by atoms with van der Waals surface area (Å²) in [5, 5.41) is 2.88. The number of H-pyrrole nitrogens is 1. The number of amides is 1. The van der Waals surface area contributed by atoms with Gasteiger partial charge in [0, 0.05) is 24.9 Å². The average molecular weight is 260 g/mol. The van der Waals surface area contributed by atoms with Crippen molar-refractivity contribution < 1.29 is 4.79 Å². The van der Waals surface area contributed by atoms with Crippen molar-refractivity contribution in [3.63, 3.8) is 0 Å². The number of hydrogen-bond acceptors (Lipinski definition) is 3. The summed E-state index contributed by atoms with van der Waals surface area (Å²) in [5.74, 6) is 0.705. The van der Waals surface area contributed by atoms with Gasteiger partial charge in [0.05, 0.1) is 11.0 Å². The smallest absolute Gasteiger partial charge is 0.224 e. The first-order valence-corrected chi connectivity index (χ1v) is 6.55. The number of carbonyl (C=O) groups is 1. The van der Waals surface area contributed by atoms with E-state index in [1.807, 2.05) is 38.1 Å². The average Bonchev–Trinajstić information content (AvgIpc) is 2.80. The van der Waals surface area contributed by atoms with Gasteiger partial charge in [-0.3, -0.25) is 4.79 Å². The minimum atomic E-state index is -0.171. The van der Waals surface area contributed by atoms with Crippen LogP contribution in [-0.2, 0) is 11.2 Å². The molecule has 0 radical (unpaired) electrons. The van der Waals surface area contributed by atoms with Crippen LogP contribution in [0.5, 0.6) is 0 Å². The Balaban J connectivity index is 1.87. The Morgan fingerprint density at radius 1 is 1.42 bits per heavy atom. The summed E-state index contributed by atoms with van der Waals surface area (Å²) in [5.41, 5.74) is 7.66. The van der Waals surface area contributed by atoms with Gasteiger partial charge in [0.15, 0.2) is 0 Å². The zero-order valence-electron chi connectivity index (χ0n) is 11.3. The molecule has 2 atom stereocenters. The summed E-state index contributed by atoms with van der Waals surface area (Å²) in [7, 11) is 0. The van der Waals surface area contributed by atoms with Crippen molar-refractivity contribution in [1.82, 2.24) is 15.3 Å². The second-order valence-electron chi connectivity index (χ2n) is 4.89. The first-order valence-electron chi connectivity index (χ1n) is 6.55. The minimum Gasteiger partial charge on any atom is -0.355 e. The van der Waals surface area contributed by atoms with E-state index >= 15 is 0 Å². The minimum absolute atomic E-state index is 0.00823. The van der Waals surface area contributed by atoms with E-state index < -0.39 is 0 Å². The van der Waals surface area contributed by atoms with Gasteiger partial charge in [-0.1, -0.05) is 19.1 Å². The Hall–Kier alpha value is -1.88. The number of carbonyl (C=O) groups excluding carboxylic acids is 1. The Morgan fingerprint density at radius 3 is 2.84 bits per heavy atom. The second kappa shape index (κ2) is 5.84. The molecule has 0 fully saturated rings. The van der Waals surface area contributed by atoms with Crippen LogP contribution in [-0.4, -0.2) is 28.5 Å². The second-order valence-corrected chi connectivity index (χ2v) is 4.89. The van der Waals surface area contributed by atoms with Gasteiger partial charge in [0.25, 0.3) is 0 Å². The van der Waals surface area contributed by atoms with Crippen LogP contribution in [0.3, 0.4) is 0 Å². The van der Waals surface area contributed by atoms with Crippen molar-refractivity contribution in [2.45, 2.75) is 26.3 Å². The molecule has 0 saturated carbocycles. The van der Waals surface area contributed by atoms with Gasteiger partial charge in [0.2, 0.25) is 5.91 Å². The molecule has 1 aromatic heterocycles. The Morgan fingerprint density at radius 2 is 2.16 bits per heavy atom. The molecule has 0 aliphatic rings. The maximum absolute atomic E-state index is 11.7. The fourth-order valence-corrected chi connectivity index (χ4v) is 1.83. The van der Waals surface area contributed by atoms with Gasteiger partial charge in [-0.15, -0.1) is 0 Å². The quantitative estimate of drug-likeness (QED) is 0.755. The third-order valence-electron chi connectivity index (χ3n) is 3.30. The number of para-hydroxylation sites is 2. The number of rotatable bonds is 5. The van der Waals surface area contributed by atoms with E-state index in [-0.39, 0.29) is 17.9 Å². The van der Waals surface area contributed by atoms with Gasteiger partial charge in [-0.05, 0) is 19.1 Å². The number of benzene rings is 1. The number of nitrogens with zero attached hydrogens (tertiary/aromatic N) is 1. The molecule has 5 nitrogen and oxygen atoms in total. The topological polar surface area (TPSA) is 83.8 Å². The maximum atomic E-state index is 11.7. The van der Waals surface area contributed by atoms with E-state index in [0.29, 0.717) is 13.0 Å². The Labute approximate surface area is 112 Å². The van der Waals surface area contributed by atoms with Crippen molar-refractivity contribution in [1.29, 1.82) is 0 Å². The molecule has 2 aromatic rings. The number of nitrogens with one attached hydrogen (secondary N) is 2. The molecule has 0 aliphatic carbocycles. The molecule has 2 rings (SSSR count). The van der Waals surface area contributed by atoms with Gasteiger partial charge in [0.1, 0.15) is 5.82 Å². The van der Waals surface area contributed by atoms with Crippen molar-refractivity contribution in [3.8, 4) is 0 Å². The zero-order valence-corrected chi connectivity index (χ0v) is 11.3. The summed E-state index contributed by atoms with van der Waals surface area (Å²) in [6.07, 6.45) is 0.687. The van der Waals surface area contributed by atoms with Crippen molar-refractivity contribution >= 4 is 16.9 Å². The highest BCUT2D eigenvalue weighted by atomic mass is 16.1. The third kappa shape index (κ3) is 3.32. The van der Waals surface area contributed by atoms with E-state index in [1.54, 1.807) is 0 Å². The normalized spacial score (nSPS) is 14.3. The van der Waals surface area contributed by atoms with Crippen molar-refractivity contribution in [2.24, 2.45) is 11.7 Å². The van der Waals surface area contributed by atoms with Gasteiger partial charge in [-0.2, -0.15) is 0 Å². The lowest BCUT2D eigenvalue weighted by molar-refractivity contribution is -0.124. The van der Waals surface area contributed by atoms with E-state index in [1.165, 1.54) is 0 Å². The van der Waals surface area contributed by atoms with Crippen LogP contribution in [0.15, 0.2) is 24.3 Å². The highest BCUT2D eigenvalue weighted by Gasteiger charge is 2.16. The molecule has 5 heteroatoms. The molecule has 0 bridgehead atoms. The summed E-state index contributed by atoms with van der Waals surface area (Å²) in [4.78, 5) is 19.4. The molecular weight excluding hydrogens is 240 g/mol. The molecule has 2 unspecified atom stereocenters. The zero-order chi connectivity index (χ0) is 13.8. The van der Waals surface area contributed by atoms with Crippen LogP contribution in [0.4, 0.5) is 0 Å². The lowest BCUT2D eigenvalue weighted by Gasteiger charge is -2.14. The standard InChI is InChI=1S/C14H20N4O/c1-9(10(2)15)14(19)16-8-7-13-17-11-5-3-4-6-12(11)18-13/h3-6,9-10H,7-8,15H2,1-2H3,(H,16,19)(H,17,18). The highest BCUT2D eigenvalue weighted by Crippen LogP contribution is 2.10. The first kappa shape index (κ1) is 13.5. The molecule has 0 aliphatic heterocycles. The summed E-state index contributed by atoms with van der Waals surface area (Å²) in [6.45, 7) is 4.24. The van der Waals surface area contributed by atoms with Crippen LogP contribution < -0.4 is 11.1 Å². The van der Waals surface area contributed by atoms with Crippen molar-refractivity contribution in [3.05, 3.63) is 30.1 Å². The number of aromatic nitrogens is 2. The van der Waals surface area contributed by atoms with Gasteiger partial charge >= 0.3 is 0 Å². The van der Waals surface area contributed by atoms with Crippen molar-refractivity contribution in [2.75, 3.05) is 6.54 Å². The lowest BCUT2D eigenvalue weighted by Crippen LogP contribution is -2.39. The number of aromatic amines is 1. The van der Waals surface area contributed by atoms with Crippen LogP contribution in [0.25, 0.3) is 11.0 Å². The van der Waals surface area contributed by atoms with E-state index in [4.69, 9.17) is 5.73 Å². The molecule has 4 N–H and O–H groups in total. The monoisotopic (exact) mass is 260 g/mol. The molecule has 19 heavy (non-hydrogen) atoms.